The van der Waals surface area contributed by atoms with Crippen molar-refractivity contribution in [2.45, 2.75) is 72.3 Å². The highest BCUT2D eigenvalue weighted by atomic mass is 16.4. The topological polar surface area (TPSA) is 74.7 Å². The maximum Gasteiger partial charge on any atom is 0.327 e. The Bertz CT molecular complexity index is 481. The quantitative estimate of drug-likeness (QED) is 0.524. The Morgan fingerprint density at radius 1 is 1.14 bits per heavy atom. The first-order chi connectivity index (χ1) is 10.4. The molecule has 0 aliphatic carbocycles. The Labute approximate surface area is 132 Å². The van der Waals surface area contributed by atoms with Gasteiger partial charge in [-0.3, -0.25) is 14.5 Å². The minimum Gasteiger partial charge on any atom is -0.480 e. The number of hydrogen-bond acceptors (Lipinski definition) is 3. The molecule has 0 aromatic heterocycles. The molecule has 2 amide bonds. The van der Waals surface area contributed by atoms with Gasteiger partial charge in [0.1, 0.15) is 6.04 Å². The minimum absolute atomic E-state index is 0.266. The van der Waals surface area contributed by atoms with Crippen LogP contribution < -0.4 is 0 Å². The van der Waals surface area contributed by atoms with Gasteiger partial charge < -0.3 is 5.11 Å². The number of carbonyl (C=O) groups is 3. The molecule has 0 saturated carbocycles. The zero-order valence-electron chi connectivity index (χ0n) is 14.0. The first-order valence-corrected chi connectivity index (χ1v) is 8.17. The Kier molecular flexibility index (Phi) is 6.78. The number of carbonyl (C=O) groups excluding carboxylic acids is 2. The summed E-state index contributed by atoms with van der Waals surface area (Å²) in [5.74, 6) is -2.23. The van der Waals surface area contributed by atoms with Crippen LogP contribution >= 0.6 is 0 Å². The van der Waals surface area contributed by atoms with Crippen LogP contribution in [0, 0.1) is 5.92 Å². The van der Waals surface area contributed by atoms with Crippen LogP contribution in [0.3, 0.4) is 0 Å². The molecule has 0 spiro atoms. The second-order valence-electron chi connectivity index (χ2n) is 6.06. The molecule has 1 aliphatic heterocycles. The number of aliphatic carboxylic acids is 1. The van der Waals surface area contributed by atoms with Gasteiger partial charge in [-0.25, -0.2) is 4.79 Å². The van der Waals surface area contributed by atoms with Crippen molar-refractivity contribution in [3.63, 3.8) is 0 Å². The van der Waals surface area contributed by atoms with Crippen LogP contribution in [0.25, 0.3) is 0 Å². The fourth-order valence-corrected chi connectivity index (χ4v) is 2.81. The summed E-state index contributed by atoms with van der Waals surface area (Å²) >= 11 is 0. The van der Waals surface area contributed by atoms with Crippen LogP contribution in [-0.2, 0) is 14.4 Å². The summed E-state index contributed by atoms with van der Waals surface area (Å²) in [7, 11) is 0. The van der Waals surface area contributed by atoms with E-state index in [1.807, 2.05) is 6.92 Å². The number of carboxylic acid groups (broad SMARTS) is 1. The number of imide groups is 1. The summed E-state index contributed by atoms with van der Waals surface area (Å²) < 4.78 is 0. The molecule has 1 rings (SSSR count). The van der Waals surface area contributed by atoms with E-state index >= 15 is 0 Å². The molecular weight excluding hydrogens is 282 g/mol. The van der Waals surface area contributed by atoms with Crippen molar-refractivity contribution in [1.29, 1.82) is 0 Å². The third-order valence-electron chi connectivity index (χ3n) is 4.46. The summed E-state index contributed by atoms with van der Waals surface area (Å²) in [5, 5.41) is 9.42. The zero-order chi connectivity index (χ0) is 16.9. The molecular formula is C17H27NO4. The van der Waals surface area contributed by atoms with E-state index in [2.05, 4.69) is 6.92 Å². The predicted octanol–water partition coefficient (Wildman–Crippen LogP) is 3.14. The molecule has 5 nitrogen and oxygen atoms in total. The van der Waals surface area contributed by atoms with Crippen LogP contribution in [-0.4, -0.2) is 33.8 Å². The number of hydrogen-bond donors (Lipinski definition) is 1. The Hall–Kier alpha value is -1.65. The normalized spacial score (nSPS) is 18.1. The van der Waals surface area contributed by atoms with E-state index in [4.69, 9.17) is 0 Å². The molecule has 1 N–H and O–H groups in total. The smallest absolute Gasteiger partial charge is 0.327 e. The van der Waals surface area contributed by atoms with Gasteiger partial charge in [-0.2, -0.15) is 0 Å². The Balaban J connectivity index is 2.92. The highest BCUT2D eigenvalue weighted by Crippen LogP contribution is 2.29. The van der Waals surface area contributed by atoms with Gasteiger partial charge in [0.25, 0.3) is 11.8 Å². The Morgan fingerprint density at radius 3 is 2.27 bits per heavy atom. The van der Waals surface area contributed by atoms with Crippen molar-refractivity contribution in [2.75, 3.05) is 0 Å². The van der Waals surface area contributed by atoms with Crippen molar-refractivity contribution in [1.82, 2.24) is 4.90 Å². The van der Waals surface area contributed by atoms with Crippen LogP contribution in [0.1, 0.15) is 66.2 Å². The number of unbranched alkanes of at least 4 members (excludes halogenated alkanes) is 3. The summed E-state index contributed by atoms with van der Waals surface area (Å²) in [5.41, 5.74) is 0.909. The van der Waals surface area contributed by atoms with Gasteiger partial charge in [0.15, 0.2) is 0 Å². The van der Waals surface area contributed by atoms with E-state index in [9.17, 15) is 19.5 Å². The van der Waals surface area contributed by atoms with E-state index in [0.29, 0.717) is 24.0 Å². The minimum atomic E-state index is -1.11. The summed E-state index contributed by atoms with van der Waals surface area (Å²) in [6.45, 7) is 7.36. The van der Waals surface area contributed by atoms with Crippen LogP contribution in [0.2, 0.25) is 0 Å². The highest BCUT2D eigenvalue weighted by Gasteiger charge is 2.44. The van der Waals surface area contributed by atoms with Gasteiger partial charge in [0, 0.05) is 11.1 Å². The van der Waals surface area contributed by atoms with Crippen LogP contribution in [0.5, 0.6) is 0 Å². The molecule has 0 saturated heterocycles. The first kappa shape index (κ1) is 18.4. The maximum atomic E-state index is 12.5. The van der Waals surface area contributed by atoms with Crippen molar-refractivity contribution < 1.29 is 19.5 Å². The van der Waals surface area contributed by atoms with Crippen LogP contribution in [0.4, 0.5) is 0 Å². The predicted molar refractivity (Wildman–Crippen MR) is 84.2 cm³/mol. The first-order valence-electron chi connectivity index (χ1n) is 8.17. The van der Waals surface area contributed by atoms with Gasteiger partial charge in [-0.1, -0.05) is 46.5 Å². The molecule has 0 aromatic carbocycles. The van der Waals surface area contributed by atoms with Crippen molar-refractivity contribution in [3.05, 3.63) is 11.1 Å². The molecule has 0 radical (unpaired) electrons. The van der Waals surface area contributed by atoms with E-state index < -0.39 is 23.8 Å². The SMILES string of the molecule is CCCCCCC1=C(C)C(=O)N([C@@H](C(=O)O)[C@H](C)CC)C1=O. The average molecular weight is 309 g/mol. The number of carboxylic acids is 1. The summed E-state index contributed by atoms with van der Waals surface area (Å²) in [6.07, 6.45) is 5.23. The fraction of sp³-hybridized carbons (Fsp3) is 0.706. The van der Waals surface area contributed by atoms with Gasteiger partial charge in [-0.15, -0.1) is 0 Å². The van der Waals surface area contributed by atoms with Gasteiger partial charge in [0.2, 0.25) is 0 Å². The lowest BCUT2D eigenvalue weighted by Crippen LogP contribution is -2.49. The third kappa shape index (κ3) is 3.76. The standard InChI is InChI=1S/C17H27NO4/c1-5-7-8-9-10-13-12(4)15(19)18(16(13)20)14(17(21)22)11(3)6-2/h11,14H,5-10H2,1-4H3,(H,21,22)/t11-,14-/m1/s1. The molecule has 0 aromatic rings. The maximum absolute atomic E-state index is 12.5. The van der Waals surface area contributed by atoms with E-state index in [-0.39, 0.29) is 5.92 Å². The second kappa shape index (κ2) is 8.11. The fourth-order valence-electron chi connectivity index (χ4n) is 2.81. The Morgan fingerprint density at radius 2 is 1.77 bits per heavy atom. The lowest BCUT2D eigenvalue weighted by Gasteiger charge is -2.27. The van der Waals surface area contributed by atoms with Crippen molar-refractivity contribution >= 4 is 17.8 Å². The number of nitrogens with zero attached hydrogens (tertiary/aromatic N) is 1. The third-order valence-corrected chi connectivity index (χ3v) is 4.46. The largest absolute Gasteiger partial charge is 0.480 e. The second-order valence-corrected chi connectivity index (χ2v) is 6.06. The zero-order valence-corrected chi connectivity index (χ0v) is 14.0. The van der Waals surface area contributed by atoms with Crippen LogP contribution in [0.15, 0.2) is 11.1 Å². The molecule has 2 atom stereocenters. The monoisotopic (exact) mass is 309 g/mol. The lowest BCUT2D eigenvalue weighted by molar-refractivity contribution is -0.156. The molecule has 1 aliphatic rings. The molecule has 1 heterocycles. The van der Waals surface area contributed by atoms with E-state index in [0.717, 1.165) is 30.6 Å². The van der Waals surface area contributed by atoms with Gasteiger partial charge in [0.05, 0.1) is 0 Å². The molecule has 124 valence electrons. The molecule has 0 unspecified atom stereocenters. The molecule has 22 heavy (non-hydrogen) atoms. The number of rotatable bonds is 9. The van der Waals surface area contributed by atoms with Crippen molar-refractivity contribution in [2.24, 2.45) is 5.92 Å². The lowest BCUT2D eigenvalue weighted by atomic mass is 9.97. The number of amides is 2. The highest BCUT2D eigenvalue weighted by molar-refractivity contribution is 6.20. The van der Waals surface area contributed by atoms with E-state index in [1.54, 1.807) is 13.8 Å². The van der Waals surface area contributed by atoms with Gasteiger partial charge in [-0.05, 0) is 25.7 Å². The summed E-state index contributed by atoms with van der Waals surface area (Å²) in [4.78, 5) is 37.4. The molecule has 0 fully saturated rings. The van der Waals surface area contributed by atoms with E-state index in [1.165, 1.54) is 0 Å². The average Bonchev–Trinajstić information content (AvgIpc) is 2.68. The van der Waals surface area contributed by atoms with Gasteiger partial charge >= 0.3 is 5.97 Å². The summed E-state index contributed by atoms with van der Waals surface area (Å²) in [6, 6.07) is -1.08. The molecule has 0 bridgehead atoms. The molecule has 5 heteroatoms. The van der Waals surface area contributed by atoms with Crippen molar-refractivity contribution in [3.8, 4) is 0 Å².